The Morgan fingerprint density at radius 3 is 2.70 bits per heavy atom. The molecule has 0 atom stereocenters. The van der Waals surface area contributed by atoms with E-state index in [9.17, 15) is 4.39 Å². The van der Waals surface area contributed by atoms with E-state index in [1.54, 1.807) is 29.9 Å². The number of rotatable bonds is 5. The predicted octanol–water partition coefficient (Wildman–Crippen LogP) is 4.31. The third kappa shape index (κ3) is 3.27. The number of hydrogen-bond donors (Lipinski definition) is 1. The van der Waals surface area contributed by atoms with Gasteiger partial charge in [-0.2, -0.15) is 0 Å². The highest BCUT2D eigenvalue weighted by atomic mass is 32.1. The molecule has 1 aromatic carbocycles. The molecule has 23 heavy (non-hydrogen) atoms. The zero-order valence-corrected chi connectivity index (χ0v) is 13.4. The Hall–Kier alpha value is -2.60. The quantitative estimate of drug-likeness (QED) is 0.710. The van der Waals surface area contributed by atoms with Gasteiger partial charge in [0, 0.05) is 18.3 Å². The fourth-order valence-corrected chi connectivity index (χ4v) is 2.98. The summed E-state index contributed by atoms with van der Waals surface area (Å²) in [5, 5.41) is 3.09. The highest BCUT2D eigenvalue weighted by molar-refractivity contribution is 7.13. The number of aromatic nitrogens is 3. The van der Waals surface area contributed by atoms with Crippen molar-refractivity contribution < 1.29 is 4.39 Å². The van der Waals surface area contributed by atoms with Crippen molar-refractivity contribution in [3.05, 3.63) is 60.1 Å². The van der Waals surface area contributed by atoms with Gasteiger partial charge < -0.3 is 5.32 Å². The van der Waals surface area contributed by atoms with Crippen LogP contribution in [0.2, 0.25) is 0 Å². The minimum absolute atomic E-state index is 0.269. The lowest BCUT2D eigenvalue weighted by Crippen LogP contribution is -2.04. The van der Waals surface area contributed by atoms with Crippen molar-refractivity contribution in [2.45, 2.75) is 6.92 Å². The number of benzene rings is 1. The maximum Gasteiger partial charge on any atom is 0.223 e. The predicted molar refractivity (Wildman–Crippen MR) is 92.0 cm³/mol. The van der Waals surface area contributed by atoms with Crippen LogP contribution in [-0.4, -0.2) is 21.5 Å². The maximum absolute atomic E-state index is 13.2. The average molecular weight is 326 g/mol. The Kier molecular flexibility index (Phi) is 4.43. The number of nitrogens with zero attached hydrogens (tertiary/aromatic N) is 3. The van der Waals surface area contributed by atoms with Crippen LogP contribution in [0.5, 0.6) is 0 Å². The lowest BCUT2D eigenvalue weighted by molar-refractivity contribution is 0.628. The number of hydrogen-bond acceptors (Lipinski definition) is 5. The maximum atomic E-state index is 13.2. The normalized spacial score (nSPS) is 10.5. The van der Waals surface area contributed by atoms with E-state index in [0.29, 0.717) is 12.5 Å². The van der Waals surface area contributed by atoms with E-state index in [-0.39, 0.29) is 5.82 Å². The van der Waals surface area contributed by atoms with Gasteiger partial charge in [-0.25, -0.2) is 19.3 Å². The zero-order chi connectivity index (χ0) is 16.2. The van der Waals surface area contributed by atoms with Gasteiger partial charge in [-0.15, -0.1) is 17.9 Å². The largest absolute Gasteiger partial charge is 0.351 e. The summed E-state index contributed by atoms with van der Waals surface area (Å²) in [6.07, 6.45) is 3.50. The molecule has 0 fully saturated rings. The summed E-state index contributed by atoms with van der Waals surface area (Å²) in [5.41, 5.74) is 5.20. The van der Waals surface area contributed by atoms with Crippen LogP contribution in [0.15, 0.2) is 48.6 Å². The minimum atomic E-state index is -0.269. The molecule has 0 aliphatic heterocycles. The molecule has 0 spiro atoms. The van der Waals surface area contributed by atoms with Gasteiger partial charge in [0.1, 0.15) is 5.82 Å². The Morgan fingerprint density at radius 1 is 1.26 bits per heavy atom. The summed E-state index contributed by atoms with van der Waals surface area (Å²) in [5.74, 6) is 0.257. The summed E-state index contributed by atoms with van der Waals surface area (Å²) < 4.78 is 13.2. The van der Waals surface area contributed by atoms with Crippen LogP contribution in [0.4, 0.5) is 10.3 Å². The molecule has 0 bridgehead atoms. The topological polar surface area (TPSA) is 50.7 Å². The fourth-order valence-electron chi connectivity index (χ4n) is 2.17. The highest BCUT2D eigenvalue weighted by Crippen LogP contribution is 2.34. The Balaban J connectivity index is 2.13. The molecule has 0 radical (unpaired) electrons. The zero-order valence-electron chi connectivity index (χ0n) is 12.6. The lowest BCUT2D eigenvalue weighted by Gasteiger charge is -2.10. The molecule has 116 valence electrons. The molecule has 0 saturated heterocycles. The second-order valence-electron chi connectivity index (χ2n) is 4.90. The number of nitrogens with one attached hydrogen (secondary N) is 1. The molecule has 0 aliphatic carbocycles. The molecule has 0 aliphatic rings. The summed E-state index contributed by atoms with van der Waals surface area (Å²) in [7, 11) is 0. The van der Waals surface area contributed by atoms with E-state index in [0.717, 1.165) is 27.4 Å². The van der Waals surface area contributed by atoms with Crippen molar-refractivity contribution in [1.29, 1.82) is 0 Å². The van der Waals surface area contributed by atoms with E-state index in [1.807, 2.05) is 6.92 Å². The van der Waals surface area contributed by atoms with Crippen molar-refractivity contribution >= 4 is 17.3 Å². The van der Waals surface area contributed by atoms with Gasteiger partial charge in [-0.1, -0.05) is 18.2 Å². The van der Waals surface area contributed by atoms with Crippen LogP contribution < -0.4 is 5.32 Å². The van der Waals surface area contributed by atoms with E-state index in [4.69, 9.17) is 0 Å². The van der Waals surface area contributed by atoms with Gasteiger partial charge in [0.2, 0.25) is 5.95 Å². The summed E-state index contributed by atoms with van der Waals surface area (Å²) in [6, 6.07) is 6.32. The molecule has 6 heteroatoms. The first-order valence-corrected chi connectivity index (χ1v) is 7.95. The number of halogens is 1. The second-order valence-corrected chi connectivity index (χ2v) is 5.75. The van der Waals surface area contributed by atoms with Gasteiger partial charge in [-0.3, -0.25) is 0 Å². The monoisotopic (exact) mass is 326 g/mol. The average Bonchev–Trinajstić information content (AvgIpc) is 2.99. The Bertz CT molecular complexity index is 827. The van der Waals surface area contributed by atoms with Gasteiger partial charge in [0.05, 0.1) is 21.8 Å². The van der Waals surface area contributed by atoms with Crippen LogP contribution in [-0.2, 0) is 0 Å². The van der Waals surface area contributed by atoms with Crippen molar-refractivity contribution in [2.75, 3.05) is 11.9 Å². The van der Waals surface area contributed by atoms with Gasteiger partial charge in [0.25, 0.3) is 0 Å². The lowest BCUT2D eigenvalue weighted by atomic mass is 10.0. The third-order valence-electron chi connectivity index (χ3n) is 3.31. The van der Waals surface area contributed by atoms with Crippen LogP contribution in [0.25, 0.3) is 21.7 Å². The number of anilines is 1. The first kappa shape index (κ1) is 15.3. The van der Waals surface area contributed by atoms with Crippen molar-refractivity contribution in [2.24, 2.45) is 0 Å². The summed E-state index contributed by atoms with van der Waals surface area (Å²) in [4.78, 5) is 14.2. The molecule has 2 heterocycles. The first-order valence-electron chi connectivity index (χ1n) is 7.07. The third-order valence-corrected chi connectivity index (χ3v) is 4.24. The highest BCUT2D eigenvalue weighted by Gasteiger charge is 2.15. The molecule has 3 rings (SSSR count). The van der Waals surface area contributed by atoms with E-state index in [2.05, 4.69) is 26.8 Å². The van der Waals surface area contributed by atoms with Gasteiger partial charge in [0.15, 0.2) is 0 Å². The van der Waals surface area contributed by atoms with E-state index >= 15 is 0 Å². The van der Waals surface area contributed by atoms with E-state index in [1.165, 1.54) is 23.5 Å². The summed E-state index contributed by atoms with van der Waals surface area (Å²) >= 11 is 1.52. The fraction of sp³-hybridized carbons (Fsp3) is 0.118. The van der Waals surface area contributed by atoms with Gasteiger partial charge >= 0.3 is 0 Å². The first-order chi connectivity index (χ1) is 11.2. The Labute approximate surface area is 137 Å². The SMILES string of the molecule is C=CCNc1ncc(-c2ccc(F)cc2)c(-c2scnc2C)n1. The Morgan fingerprint density at radius 2 is 2.04 bits per heavy atom. The molecule has 3 aromatic rings. The van der Waals surface area contributed by atoms with E-state index < -0.39 is 0 Å². The minimum Gasteiger partial charge on any atom is -0.351 e. The molecule has 2 aromatic heterocycles. The van der Waals surface area contributed by atoms with Crippen LogP contribution in [0, 0.1) is 12.7 Å². The van der Waals surface area contributed by atoms with Crippen LogP contribution >= 0.6 is 11.3 Å². The smallest absolute Gasteiger partial charge is 0.223 e. The summed E-state index contributed by atoms with van der Waals surface area (Å²) in [6.45, 7) is 6.20. The number of aryl methyl sites for hydroxylation is 1. The van der Waals surface area contributed by atoms with Crippen LogP contribution in [0.1, 0.15) is 5.69 Å². The van der Waals surface area contributed by atoms with Crippen molar-refractivity contribution in [3.63, 3.8) is 0 Å². The standard InChI is InChI=1S/C17H15FN4S/c1-3-8-19-17-20-9-14(12-4-6-13(18)7-5-12)15(22-17)16-11(2)21-10-23-16/h3-7,9-10H,1,8H2,2H3,(H,19,20,22). The molecular formula is C17H15FN4S. The van der Waals surface area contributed by atoms with Gasteiger partial charge in [-0.05, 0) is 24.6 Å². The molecular weight excluding hydrogens is 311 g/mol. The molecule has 0 amide bonds. The molecule has 4 nitrogen and oxygen atoms in total. The molecule has 0 saturated carbocycles. The second kappa shape index (κ2) is 6.66. The number of thiazole rings is 1. The van der Waals surface area contributed by atoms with Crippen LogP contribution in [0.3, 0.4) is 0 Å². The van der Waals surface area contributed by atoms with Crippen molar-refractivity contribution in [3.8, 4) is 21.7 Å². The molecule has 0 unspecified atom stereocenters. The van der Waals surface area contributed by atoms with Crippen molar-refractivity contribution in [1.82, 2.24) is 15.0 Å². The molecule has 1 N–H and O–H groups in total.